The molecule has 0 aromatic heterocycles. The predicted molar refractivity (Wildman–Crippen MR) is 70.2 cm³/mol. The van der Waals surface area contributed by atoms with Crippen LogP contribution in [0.1, 0.15) is 18.4 Å². The summed E-state index contributed by atoms with van der Waals surface area (Å²) in [4.78, 5) is 2.30. The third-order valence-electron chi connectivity index (χ3n) is 3.47. The van der Waals surface area contributed by atoms with E-state index in [-0.39, 0.29) is 4.90 Å². The molecule has 0 aliphatic carbocycles. The summed E-state index contributed by atoms with van der Waals surface area (Å²) in [6.45, 7) is 2.26. The van der Waals surface area contributed by atoms with Crippen molar-refractivity contribution in [1.29, 1.82) is 0 Å². The molecule has 100 valence electrons. The minimum atomic E-state index is -4.07. The molecule has 0 radical (unpaired) electrons. The molecule has 1 atom stereocenters. The maximum atomic E-state index is 10.9. The number of rotatable bonds is 3. The van der Waals surface area contributed by atoms with Crippen LogP contribution in [0.5, 0.6) is 0 Å². The molecule has 4 nitrogen and oxygen atoms in total. The Morgan fingerprint density at radius 3 is 2.56 bits per heavy atom. The van der Waals surface area contributed by atoms with E-state index in [4.69, 9.17) is 4.55 Å². The summed E-state index contributed by atoms with van der Waals surface area (Å²) in [5, 5.41) is 0. The maximum absolute atomic E-state index is 10.9. The second-order valence-corrected chi connectivity index (χ2v) is 6.52. The highest BCUT2D eigenvalue weighted by molar-refractivity contribution is 7.85. The van der Waals surface area contributed by atoms with E-state index in [0.29, 0.717) is 5.92 Å². The van der Waals surface area contributed by atoms with Gasteiger partial charge in [-0.25, -0.2) is 0 Å². The molecule has 1 aromatic rings. The molecule has 18 heavy (non-hydrogen) atoms. The van der Waals surface area contributed by atoms with Gasteiger partial charge in [0.2, 0.25) is 0 Å². The normalized spacial score (nSPS) is 22.0. The van der Waals surface area contributed by atoms with Crippen LogP contribution in [0.4, 0.5) is 0 Å². The summed E-state index contributed by atoms with van der Waals surface area (Å²) in [6.07, 6.45) is 3.42. The zero-order valence-electron chi connectivity index (χ0n) is 10.5. The van der Waals surface area contributed by atoms with Crippen molar-refractivity contribution in [3.63, 3.8) is 0 Å². The summed E-state index contributed by atoms with van der Waals surface area (Å²) in [6, 6.07) is 6.52. The number of hydrogen-bond acceptors (Lipinski definition) is 3. The molecule has 1 aromatic carbocycles. The van der Waals surface area contributed by atoms with Gasteiger partial charge in [-0.15, -0.1) is 0 Å². The fourth-order valence-electron chi connectivity index (χ4n) is 2.57. The van der Waals surface area contributed by atoms with E-state index in [1.807, 2.05) is 0 Å². The first-order valence-electron chi connectivity index (χ1n) is 6.20. The number of likely N-dealkylation sites (tertiary alicyclic amines) is 1. The molecule has 1 aliphatic heterocycles. The molecule has 1 N–H and O–H groups in total. The average molecular weight is 269 g/mol. The summed E-state index contributed by atoms with van der Waals surface area (Å²) in [5.74, 6) is 0.639. The molecule has 0 spiro atoms. The van der Waals surface area contributed by atoms with Crippen molar-refractivity contribution in [3.05, 3.63) is 29.8 Å². The smallest absolute Gasteiger partial charge is 0.294 e. The van der Waals surface area contributed by atoms with Crippen molar-refractivity contribution >= 4 is 10.1 Å². The Bertz CT molecular complexity index is 495. The third kappa shape index (κ3) is 3.54. The van der Waals surface area contributed by atoms with Gasteiger partial charge in [0.15, 0.2) is 0 Å². The summed E-state index contributed by atoms with van der Waals surface area (Å²) in [5.41, 5.74) is 1.13. The van der Waals surface area contributed by atoms with Gasteiger partial charge in [0, 0.05) is 6.54 Å². The largest absolute Gasteiger partial charge is 0.306 e. The Kier molecular flexibility index (Phi) is 4.04. The van der Waals surface area contributed by atoms with Gasteiger partial charge < -0.3 is 4.90 Å². The monoisotopic (exact) mass is 269 g/mol. The van der Waals surface area contributed by atoms with Crippen molar-refractivity contribution in [2.24, 2.45) is 5.92 Å². The summed E-state index contributed by atoms with van der Waals surface area (Å²) in [7, 11) is -1.94. The van der Waals surface area contributed by atoms with Crippen LogP contribution in [0, 0.1) is 5.92 Å². The van der Waals surface area contributed by atoms with Gasteiger partial charge >= 0.3 is 0 Å². The molecule has 1 saturated heterocycles. The lowest BCUT2D eigenvalue weighted by Crippen LogP contribution is -2.32. The Hall–Kier alpha value is -0.910. The molecule has 0 amide bonds. The minimum Gasteiger partial charge on any atom is -0.306 e. The van der Waals surface area contributed by atoms with E-state index < -0.39 is 10.1 Å². The number of piperidine rings is 1. The number of hydrogen-bond donors (Lipinski definition) is 1. The number of nitrogens with zero attached hydrogens (tertiary/aromatic N) is 1. The topological polar surface area (TPSA) is 57.6 Å². The minimum absolute atomic E-state index is 0.0352. The van der Waals surface area contributed by atoms with Crippen LogP contribution in [0.3, 0.4) is 0 Å². The van der Waals surface area contributed by atoms with Gasteiger partial charge in [-0.05, 0) is 56.5 Å². The average Bonchev–Trinajstić information content (AvgIpc) is 2.28. The van der Waals surface area contributed by atoms with Crippen LogP contribution in [0.15, 0.2) is 29.2 Å². The molecule has 1 aliphatic rings. The van der Waals surface area contributed by atoms with Gasteiger partial charge in [-0.2, -0.15) is 8.42 Å². The van der Waals surface area contributed by atoms with Gasteiger partial charge in [0.05, 0.1) is 4.90 Å². The van der Waals surface area contributed by atoms with Crippen LogP contribution >= 0.6 is 0 Å². The zero-order chi connectivity index (χ0) is 13.2. The van der Waals surface area contributed by atoms with Gasteiger partial charge in [-0.3, -0.25) is 4.55 Å². The second kappa shape index (κ2) is 5.38. The molecular weight excluding hydrogens is 250 g/mol. The lowest BCUT2D eigenvalue weighted by molar-refractivity contribution is 0.209. The molecule has 0 saturated carbocycles. The van der Waals surface area contributed by atoms with E-state index in [0.717, 1.165) is 25.1 Å². The van der Waals surface area contributed by atoms with Gasteiger partial charge in [-0.1, -0.05) is 12.1 Å². The van der Waals surface area contributed by atoms with Crippen molar-refractivity contribution in [3.8, 4) is 0 Å². The van der Waals surface area contributed by atoms with Gasteiger partial charge in [0.25, 0.3) is 10.1 Å². The zero-order valence-corrected chi connectivity index (χ0v) is 11.4. The first kappa shape index (κ1) is 13.5. The third-order valence-corrected chi connectivity index (χ3v) is 4.34. The molecule has 1 unspecified atom stereocenters. The fourth-order valence-corrected chi connectivity index (χ4v) is 3.05. The fraction of sp³-hybridized carbons (Fsp3) is 0.538. The Morgan fingerprint density at radius 1 is 1.33 bits per heavy atom. The van der Waals surface area contributed by atoms with E-state index >= 15 is 0 Å². The first-order valence-corrected chi connectivity index (χ1v) is 7.64. The van der Waals surface area contributed by atoms with E-state index in [2.05, 4.69) is 11.9 Å². The number of benzene rings is 1. The van der Waals surface area contributed by atoms with Crippen LogP contribution in [-0.2, 0) is 16.5 Å². The van der Waals surface area contributed by atoms with E-state index in [9.17, 15) is 8.42 Å². The lowest BCUT2D eigenvalue weighted by Gasteiger charge is -2.29. The van der Waals surface area contributed by atoms with Crippen molar-refractivity contribution in [1.82, 2.24) is 4.90 Å². The molecule has 0 bridgehead atoms. The highest BCUT2D eigenvalue weighted by atomic mass is 32.2. The Morgan fingerprint density at radius 2 is 2.00 bits per heavy atom. The summed E-state index contributed by atoms with van der Waals surface area (Å²) < 4.78 is 30.8. The highest BCUT2D eigenvalue weighted by Gasteiger charge is 2.17. The molecular formula is C13H19NO3S. The predicted octanol–water partition coefficient (Wildman–Crippen LogP) is 1.82. The molecule has 1 heterocycles. The Labute approximate surface area is 108 Å². The van der Waals surface area contributed by atoms with Crippen LogP contribution < -0.4 is 0 Å². The standard InChI is InChI=1S/C13H19NO3S/c1-14-8-2-3-12(10-14)9-11-4-6-13(7-5-11)18(15,16)17/h4-7,12H,2-3,8-10H2,1H3,(H,15,16,17). The van der Waals surface area contributed by atoms with Crippen molar-refractivity contribution < 1.29 is 13.0 Å². The Balaban J connectivity index is 2.02. The van der Waals surface area contributed by atoms with Crippen LogP contribution in [0.25, 0.3) is 0 Å². The maximum Gasteiger partial charge on any atom is 0.294 e. The van der Waals surface area contributed by atoms with Gasteiger partial charge in [0.1, 0.15) is 0 Å². The summed E-state index contributed by atoms with van der Waals surface area (Å²) >= 11 is 0. The van der Waals surface area contributed by atoms with Crippen molar-refractivity contribution in [2.75, 3.05) is 20.1 Å². The van der Waals surface area contributed by atoms with Crippen LogP contribution in [0.2, 0.25) is 0 Å². The first-order chi connectivity index (χ1) is 8.45. The van der Waals surface area contributed by atoms with E-state index in [1.54, 1.807) is 12.1 Å². The quantitative estimate of drug-likeness (QED) is 0.850. The molecule has 1 fully saturated rings. The molecule has 5 heteroatoms. The second-order valence-electron chi connectivity index (χ2n) is 5.09. The SMILES string of the molecule is CN1CCCC(Cc2ccc(S(=O)(=O)O)cc2)C1. The van der Waals surface area contributed by atoms with Crippen molar-refractivity contribution in [2.45, 2.75) is 24.2 Å². The van der Waals surface area contributed by atoms with Crippen LogP contribution in [-0.4, -0.2) is 38.0 Å². The lowest BCUT2D eigenvalue weighted by atomic mass is 9.92. The van der Waals surface area contributed by atoms with E-state index in [1.165, 1.54) is 25.0 Å². The molecule has 2 rings (SSSR count). The highest BCUT2D eigenvalue weighted by Crippen LogP contribution is 2.20.